The molecule has 26 heavy (non-hydrogen) atoms. The first-order valence-corrected chi connectivity index (χ1v) is 10.7. The summed E-state index contributed by atoms with van der Waals surface area (Å²) < 4.78 is 27.9. The molecule has 2 aromatic heterocycles. The topological polar surface area (TPSA) is 66.4 Å². The second kappa shape index (κ2) is 6.61. The van der Waals surface area contributed by atoms with Gasteiger partial charge in [-0.05, 0) is 31.5 Å². The number of nitrogens with zero attached hydrogens (tertiary/aromatic N) is 4. The third-order valence-electron chi connectivity index (χ3n) is 4.55. The van der Waals surface area contributed by atoms with Crippen LogP contribution in [0.25, 0.3) is 10.9 Å². The molecule has 136 valence electrons. The van der Waals surface area contributed by atoms with Crippen LogP contribution in [0.1, 0.15) is 10.4 Å². The molecule has 3 heterocycles. The van der Waals surface area contributed by atoms with Gasteiger partial charge in [0, 0.05) is 48.8 Å². The second-order valence-corrected chi connectivity index (χ2v) is 9.60. The Morgan fingerprint density at radius 2 is 1.81 bits per heavy atom. The van der Waals surface area contributed by atoms with Gasteiger partial charge in [-0.3, -0.25) is 4.98 Å². The van der Waals surface area contributed by atoms with Crippen molar-refractivity contribution in [3.05, 3.63) is 47.1 Å². The molecule has 0 atom stereocenters. The lowest BCUT2D eigenvalue weighted by atomic mass is 10.2. The summed E-state index contributed by atoms with van der Waals surface area (Å²) in [5.41, 5.74) is 1.55. The van der Waals surface area contributed by atoms with E-state index in [0.29, 0.717) is 31.7 Å². The predicted octanol–water partition coefficient (Wildman–Crippen LogP) is 2.82. The third kappa shape index (κ3) is 3.08. The van der Waals surface area contributed by atoms with Crippen molar-refractivity contribution in [3.8, 4) is 0 Å². The summed E-state index contributed by atoms with van der Waals surface area (Å²) in [5, 5.41) is 1.81. The van der Waals surface area contributed by atoms with Gasteiger partial charge in [0.25, 0.3) is 0 Å². The van der Waals surface area contributed by atoms with E-state index in [1.165, 1.54) is 0 Å². The lowest BCUT2D eigenvalue weighted by molar-refractivity contribution is 0.385. The molecule has 0 aliphatic carbocycles. The molecule has 6 nitrogen and oxygen atoms in total. The molecular formula is C18H20N4O2S2. The molecule has 8 heteroatoms. The lowest BCUT2D eigenvalue weighted by Gasteiger charge is -2.33. The van der Waals surface area contributed by atoms with Gasteiger partial charge in [-0.25, -0.2) is 13.4 Å². The van der Waals surface area contributed by atoms with E-state index in [9.17, 15) is 8.42 Å². The average molecular weight is 389 g/mol. The number of thiazole rings is 1. The first-order chi connectivity index (χ1) is 12.4. The number of rotatable bonds is 3. The van der Waals surface area contributed by atoms with Crippen molar-refractivity contribution in [3.63, 3.8) is 0 Å². The van der Waals surface area contributed by atoms with Crippen LogP contribution in [0.3, 0.4) is 0 Å². The normalized spacial score (nSPS) is 16.3. The Kier molecular flexibility index (Phi) is 4.42. The zero-order chi connectivity index (χ0) is 18.3. The molecule has 1 aliphatic heterocycles. The van der Waals surface area contributed by atoms with Gasteiger partial charge >= 0.3 is 0 Å². The van der Waals surface area contributed by atoms with Crippen molar-refractivity contribution < 1.29 is 8.42 Å². The van der Waals surface area contributed by atoms with Crippen molar-refractivity contribution in [2.75, 3.05) is 31.1 Å². The zero-order valence-electron chi connectivity index (χ0n) is 14.7. The fourth-order valence-corrected chi connectivity index (χ4v) is 5.60. The van der Waals surface area contributed by atoms with Crippen LogP contribution >= 0.6 is 11.3 Å². The summed E-state index contributed by atoms with van der Waals surface area (Å²) in [4.78, 5) is 12.4. The fourth-order valence-electron chi connectivity index (χ4n) is 3.20. The number of piperazine rings is 1. The summed E-state index contributed by atoms with van der Waals surface area (Å²) >= 11 is 1.64. The Morgan fingerprint density at radius 1 is 1.04 bits per heavy atom. The molecule has 1 saturated heterocycles. The van der Waals surface area contributed by atoms with Crippen LogP contribution in [0.5, 0.6) is 0 Å². The maximum absolute atomic E-state index is 13.2. The SMILES string of the molecule is Cc1cnc2c(S(=O)(=O)N3CCN(c4ncc(C)s4)CC3)cccc2c1. The molecule has 0 amide bonds. The van der Waals surface area contributed by atoms with E-state index in [4.69, 9.17) is 0 Å². The number of pyridine rings is 1. The molecule has 0 saturated carbocycles. The number of anilines is 1. The molecule has 0 N–H and O–H groups in total. The second-order valence-electron chi connectivity index (χ2n) is 6.49. The molecule has 0 unspecified atom stereocenters. The Morgan fingerprint density at radius 3 is 2.50 bits per heavy atom. The molecule has 0 spiro atoms. The van der Waals surface area contributed by atoms with Crippen LogP contribution in [-0.2, 0) is 10.0 Å². The van der Waals surface area contributed by atoms with E-state index in [1.807, 2.05) is 32.2 Å². The van der Waals surface area contributed by atoms with E-state index in [1.54, 1.807) is 34.0 Å². The van der Waals surface area contributed by atoms with Gasteiger partial charge < -0.3 is 4.90 Å². The van der Waals surface area contributed by atoms with Gasteiger partial charge in [0.15, 0.2) is 5.13 Å². The zero-order valence-corrected chi connectivity index (χ0v) is 16.3. The highest BCUT2D eigenvalue weighted by Crippen LogP contribution is 2.27. The van der Waals surface area contributed by atoms with Crippen molar-refractivity contribution >= 4 is 37.4 Å². The lowest BCUT2D eigenvalue weighted by Crippen LogP contribution is -2.48. The van der Waals surface area contributed by atoms with Crippen molar-refractivity contribution in [2.45, 2.75) is 18.7 Å². The minimum absolute atomic E-state index is 0.286. The van der Waals surface area contributed by atoms with Crippen LogP contribution < -0.4 is 4.90 Å². The maximum Gasteiger partial charge on any atom is 0.245 e. The van der Waals surface area contributed by atoms with E-state index in [0.717, 1.165) is 21.0 Å². The van der Waals surface area contributed by atoms with Crippen molar-refractivity contribution in [1.29, 1.82) is 0 Å². The highest BCUT2D eigenvalue weighted by molar-refractivity contribution is 7.89. The van der Waals surface area contributed by atoms with Gasteiger partial charge in [-0.15, -0.1) is 11.3 Å². The summed E-state index contributed by atoms with van der Waals surface area (Å²) in [7, 11) is -3.57. The number of hydrogen-bond donors (Lipinski definition) is 0. The minimum atomic E-state index is -3.57. The fraction of sp³-hybridized carbons (Fsp3) is 0.333. The molecule has 3 aromatic rings. The van der Waals surface area contributed by atoms with E-state index in [-0.39, 0.29) is 4.90 Å². The molecular weight excluding hydrogens is 368 g/mol. The molecule has 1 aromatic carbocycles. The Bertz CT molecular complexity index is 1050. The van der Waals surface area contributed by atoms with Crippen LogP contribution in [-0.4, -0.2) is 48.9 Å². The number of benzene rings is 1. The number of fused-ring (bicyclic) bond motifs is 1. The summed E-state index contributed by atoms with van der Waals surface area (Å²) in [6, 6.07) is 7.29. The Balaban J connectivity index is 1.60. The number of hydrogen-bond acceptors (Lipinski definition) is 6. The maximum atomic E-state index is 13.2. The molecule has 1 fully saturated rings. The third-order valence-corrected chi connectivity index (χ3v) is 7.45. The van der Waals surface area contributed by atoms with Crippen LogP contribution in [0.2, 0.25) is 0 Å². The van der Waals surface area contributed by atoms with E-state index >= 15 is 0 Å². The van der Waals surface area contributed by atoms with Gasteiger partial charge in [0.1, 0.15) is 4.90 Å². The predicted molar refractivity (Wildman–Crippen MR) is 104 cm³/mol. The summed E-state index contributed by atoms with van der Waals surface area (Å²) in [6.45, 7) is 6.16. The Labute approximate surface area is 157 Å². The minimum Gasteiger partial charge on any atom is -0.345 e. The van der Waals surface area contributed by atoms with Crippen molar-refractivity contribution in [2.24, 2.45) is 0 Å². The first-order valence-electron chi connectivity index (χ1n) is 8.48. The summed E-state index contributed by atoms with van der Waals surface area (Å²) in [6.07, 6.45) is 3.57. The molecule has 0 bridgehead atoms. The van der Waals surface area contributed by atoms with Gasteiger partial charge in [0.2, 0.25) is 10.0 Å². The number of aromatic nitrogens is 2. The van der Waals surface area contributed by atoms with Gasteiger partial charge in [-0.2, -0.15) is 4.31 Å². The Hall–Kier alpha value is -2.03. The smallest absolute Gasteiger partial charge is 0.245 e. The van der Waals surface area contributed by atoms with Crippen molar-refractivity contribution in [1.82, 2.24) is 14.3 Å². The quantitative estimate of drug-likeness (QED) is 0.690. The van der Waals surface area contributed by atoms with Crippen LogP contribution in [0.15, 0.2) is 41.6 Å². The van der Waals surface area contributed by atoms with Gasteiger partial charge in [-0.1, -0.05) is 12.1 Å². The van der Waals surface area contributed by atoms with Crippen LogP contribution in [0, 0.1) is 13.8 Å². The highest BCUT2D eigenvalue weighted by Gasteiger charge is 2.30. The first kappa shape index (κ1) is 17.4. The van der Waals surface area contributed by atoms with Gasteiger partial charge in [0.05, 0.1) is 5.52 Å². The van der Waals surface area contributed by atoms with E-state index < -0.39 is 10.0 Å². The molecule has 0 radical (unpaired) electrons. The van der Waals surface area contributed by atoms with Crippen LogP contribution in [0.4, 0.5) is 5.13 Å². The molecule has 4 rings (SSSR count). The monoisotopic (exact) mass is 388 g/mol. The molecule has 1 aliphatic rings. The number of para-hydroxylation sites is 1. The summed E-state index contributed by atoms with van der Waals surface area (Å²) in [5.74, 6) is 0. The average Bonchev–Trinajstić information content (AvgIpc) is 3.07. The number of aryl methyl sites for hydroxylation is 2. The van der Waals surface area contributed by atoms with E-state index in [2.05, 4.69) is 14.9 Å². The highest BCUT2D eigenvalue weighted by atomic mass is 32.2. The standard InChI is InChI=1S/C18H20N4O2S2/c1-13-10-15-4-3-5-16(17(15)19-11-13)26(23,24)22-8-6-21(7-9-22)18-20-12-14(2)25-18/h3-5,10-12H,6-9H2,1-2H3. The largest absolute Gasteiger partial charge is 0.345 e. The number of sulfonamides is 1.